The van der Waals surface area contributed by atoms with Crippen molar-refractivity contribution < 1.29 is 9.53 Å². The number of amides is 1. The Hall–Kier alpha value is -2.63. The highest BCUT2D eigenvalue weighted by Crippen LogP contribution is 2.32. The zero-order valence-electron chi connectivity index (χ0n) is 15.8. The van der Waals surface area contributed by atoms with Crippen molar-refractivity contribution in [1.29, 1.82) is 0 Å². The van der Waals surface area contributed by atoms with Crippen LogP contribution in [0.1, 0.15) is 36.7 Å². The van der Waals surface area contributed by atoms with Crippen LogP contribution in [0.3, 0.4) is 0 Å². The molecule has 1 aliphatic rings. The summed E-state index contributed by atoms with van der Waals surface area (Å²) in [5.41, 5.74) is 2.32. The number of hydrogen-bond donors (Lipinski definition) is 1. The van der Waals surface area contributed by atoms with Gasteiger partial charge < -0.3 is 15.0 Å². The normalized spacial score (nSPS) is 19.5. The Balaban J connectivity index is 1.91. The van der Waals surface area contributed by atoms with E-state index in [9.17, 15) is 4.79 Å². The first-order valence-corrected chi connectivity index (χ1v) is 9.00. The van der Waals surface area contributed by atoms with E-state index in [-0.39, 0.29) is 17.9 Å². The van der Waals surface area contributed by atoms with Crippen LogP contribution in [0, 0.1) is 6.92 Å². The van der Waals surface area contributed by atoms with Crippen LogP contribution in [0.4, 0.5) is 5.82 Å². The molecule has 1 aromatic heterocycles. The van der Waals surface area contributed by atoms with E-state index in [1.807, 2.05) is 25.3 Å². The number of methoxy groups -OCH3 is 1. The molecule has 3 rings (SSSR count). The largest absolute Gasteiger partial charge is 0.497 e. The predicted molar refractivity (Wildman–Crippen MR) is 102 cm³/mol. The molecule has 0 bridgehead atoms. The number of carbonyl (C=O) groups excluding carboxylic acids is 1. The third-order valence-electron chi connectivity index (χ3n) is 4.90. The molecular weight excluding hydrogens is 328 g/mol. The summed E-state index contributed by atoms with van der Waals surface area (Å²) in [6.07, 6.45) is 2.79. The first kappa shape index (κ1) is 18.2. The Labute approximate surface area is 154 Å². The lowest BCUT2D eigenvalue weighted by atomic mass is 9.94. The molecule has 26 heavy (non-hydrogen) atoms. The molecule has 6 nitrogen and oxygen atoms in total. The van der Waals surface area contributed by atoms with Gasteiger partial charge in [0.15, 0.2) is 0 Å². The molecule has 2 aromatic rings. The summed E-state index contributed by atoms with van der Waals surface area (Å²) in [5, 5.41) is 3.12. The first-order chi connectivity index (χ1) is 12.5. The van der Waals surface area contributed by atoms with Gasteiger partial charge in [0.1, 0.15) is 17.4 Å². The highest BCUT2D eigenvalue weighted by molar-refractivity contribution is 5.73. The minimum absolute atomic E-state index is 0.00931. The topological polar surface area (TPSA) is 67.4 Å². The smallest absolute Gasteiger partial charge is 0.217 e. The molecular formula is C20H26N4O2. The quantitative estimate of drug-likeness (QED) is 0.893. The fraction of sp³-hybridized carbons (Fsp3) is 0.450. The molecule has 1 saturated heterocycles. The van der Waals surface area contributed by atoms with Crippen LogP contribution in [0.15, 0.2) is 30.5 Å². The molecule has 6 heteroatoms. The van der Waals surface area contributed by atoms with E-state index in [1.165, 1.54) is 5.56 Å². The van der Waals surface area contributed by atoms with Crippen LogP contribution in [0.2, 0.25) is 0 Å². The molecule has 138 valence electrons. The number of nitrogens with one attached hydrogen (secondary N) is 1. The van der Waals surface area contributed by atoms with E-state index in [0.29, 0.717) is 0 Å². The summed E-state index contributed by atoms with van der Waals surface area (Å²) in [4.78, 5) is 23.0. The van der Waals surface area contributed by atoms with Crippen molar-refractivity contribution in [2.75, 3.05) is 25.1 Å². The van der Waals surface area contributed by atoms with Crippen LogP contribution < -0.4 is 15.0 Å². The summed E-state index contributed by atoms with van der Waals surface area (Å²) < 4.78 is 5.26. The molecule has 0 saturated carbocycles. The van der Waals surface area contributed by atoms with E-state index < -0.39 is 0 Å². The molecule has 1 amide bonds. The lowest BCUT2D eigenvalue weighted by Gasteiger charge is -2.20. The average Bonchev–Trinajstić information content (AvgIpc) is 3.04. The number of aromatic nitrogens is 2. The van der Waals surface area contributed by atoms with Crippen molar-refractivity contribution in [3.05, 3.63) is 47.4 Å². The summed E-state index contributed by atoms with van der Waals surface area (Å²) in [6, 6.07) is 8.13. The van der Waals surface area contributed by atoms with Crippen molar-refractivity contribution in [2.24, 2.45) is 0 Å². The fourth-order valence-electron chi connectivity index (χ4n) is 3.58. The minimum atomic E-state index is -0.00931. The molecule has 0 unspecified atom stereocenters. The van der Waals surface area contributed by atoms with Gasteiger partial charge in [-0.2, -0.15) is 0 Å². The molecule has 1 aliphatic heterocycles. The zero-order valence-corrected chi connectivity index (χ0v) is 15.8. The summed E-state index contributed by atoms with van der Waals surface area (Å²) in [7, 11) is 1.66. The van der Waals surface area contributed by atoms with Gasteiger partial charge in [-0.15, -0.1) is 0 Å². The monoisotopic (exact) mass is 354 g/mol. The number of hydrogen-bond acceptors (Lipinski definition) is 5. The zero-order chi connectivity index (χ0) is 18.7. The van der Waals surface area contributed by atoms with Crippen LogP contribution in [-0.4, -0.2) is 42.1 Å². The third-order valence-corrected chi connectivity index (χ3v) is 4.90. The van der Waals surface area contributed by atoms with Gasteiger partial charge in [-0.1, -0.05) is 19.1 Å². The summed E-state index contributed by atoms with van der Waals surface area (Å²) in [6.45, 7) is 7.13. The second kappa shape index (κ2) is 7.72. The Morgan fingerprint density at radius 1 is 1.31 bits per heavy atom. The predicted octanol–water partition coefficient (Wildman–Crippen LogP) is 2.46. The highest BCUT2D eigenvalue weighted by atomic mass is 16.5. The number of aryl methyl sites for hydroxylation is 2. The van der Waals surface area contributed by atoms with Gasteiger partial charge in [0.25, 0.3) is 0 Å². The van der Waals surface area contributed by atoms with Gasteiger partial charge in [-0.3, -0.25) is 4.79 Å². The maximum atomic E-state index is 11.7. The third kappa shape index (κ3) is 3.79. The standard InChI is InChI=1S/C20H26N4O2/c1-5-15-10-21-13(2)22-20(15)24-11-18(19(12-24)23-14(3)25)16-6-8-17(26-4)9-7-16/h6-10,18-19H,5,11-12H2,1-4H3,(H,23,25)/t18-,19+/m0/s1. The van der Waals surface area contributed by atoms with Crippen molar-refractivity contribution >= 4 is 11.7 Å². The van der Waals surface area contributed by atoms with Crippen LogP contribution in [0.5, 0.6) is 5.75 Å². The van der Waals surface area contributed by atoms with Crippen molar-refractivity contribution in [1.82, 2.24) is 15.3 Å². The van der Waals surface area contributed by atoms with E-state index in [0.717, 1.165) is 42.5 Å². The number of carbonyl (C=O) groups is 1. The fourth-order valence-corrected chi connectivity index (χ4v) is 3.58. The SMILES string of the molecule is CCc1cnc(C)nc1N1C[C@@H](NC(C)=O)[C@H](c2ccc(OC)cc2)C1. The summed E-state index contributed by atoms with van der Waals surface area (Å²) in [5.74, 6) is 2.77. The lowest BCUT2D eigenvalue weighted by Crippen LogP contribution is -2.38. The molecule has 2 atom stereocenters. The molecule has 0 aliphatic carbocycles. The second-order valence-electron chi connectivity index (χ2n) is 6.71. The Morgan fingerprint density at radius 2 is 2.04 bits per heavy atom. The Bertz CT molecular complexity index is 776. The highest BCUT2D eigenvalue weighted by Gasteiger charge is 2.35. The number of anilines is 1. The minimum Gasteiger partial charge on any atom is -0.497 e. The first-order valence-electron chi connectivity index (χ1n) is 9.00. The van der Waals surface area contributed by atoms with E-state index >= 15 is 0 Å². The van der Waals surface area contributed by atoms with Gasteiger partial charge in [-0.05, 0) is 31.0 Å². The van der Waals surface area contributed by atoms with Gasteiger partial charge >= 0.3 is 0 Å². The number of rotatable bonds is 5. The molecule has 1 N–H and O–H groups in total. The van der Waals surface area contributed by atoms with E-state index in [4.69, 9.17) is 4.74 Å². The molecule has 0 spiro atoms. The van der Waals surface area contributed by atoms with Gasteiger partial charge in [0, 0.05) is 37.7 Å². The molecule has 1 aromatic carbocycles. The van der Waals surface area contributed by atoms with E-state index in [1.54, 1.807) is 14.0 Å². The average molecular weight is 354 g/mol. The van der Waals surface area contributed by atoms with Crippen LogP contribution in [-0.2, 0) is 11.2 Å². The van der Waals surface area contributed by atoms with Crippen molar-refractivity contribution in [2.45, 2.75) is 39.2 Å². The maximum absolute atomic E-state index is 11.7. The maximum Gasteiger partial charge on any atom is 0.217 e. The molecule has 1 fully saturated rings. The van der Waals surface area contributed by atoms with Gasteiger partial charge in [0.05, 0.1) is 13.2 Å². The Kier molecular flexibility index (Phi) is 5.40. The van der Waals surface area contributed by atoms with Crippen molar-refractivity contribution in [3.63, 3.8) is 0 Å². The number of nitrogens with zero attached hydrogens (tertiary/aromatic N) is 3. The lowest BCUT2D eigenvalue weighted by molar-refractivity contribution is -0.119. The van der Waals surface area contributed by atoms with Crippen LogP contribution >= 0.6 is 0 Å². The number of ether oxygens (including phenoxy) is 1. The van der Waals surface area contributed by atoms with Gasteiger partial charge in [-0.25, -0.2) is 9.97 Å². The molecule has 0 radical (unpaired) electrons. The summed E-state index contributed by atoms with van der Waals surface area (Å²) >= 11 is 0. The number of benzene rings is 1. The second-order valence-corrected chi connectivity index (χ2v) is 6.71. The van der Waals surface area contributed by atoms with E-state index in [2.05, 4.69) is 39.2 Å². The molecule has 2 heterocycles. The van der Waals surface area contributed by atoms with Crippen molar-refractivity contribution in [3.8, 4) is 5.75 Å². The van der Waals surface area contributed by atoms with Gasteiger partial charge in [0.2, 0.25) is 5.91 Å². The van der Waals surface area contributed by atoms with Crippen LogP contribution in [0.25, 0.3) is 0 Å². The Morgan fingerprint density at radius 3 is 2.65 bits per heavy atom.